The summed E-state index contributed by atoms with van der Waals surface area (Å²) < 4.78 is 0. The molecule has 0 unspecified atom stereocenters. The Balaban J connectivity index is 3.06. The Morgan fingerprint density at radius 3 is 2.19 bits per heavy atom. The number of amides is 1. The predicted molar refractivity (Wildman–Crippen MR) is 90.1 cm³/mol. The first kappa shape index (κ1) is 18.4. The van der Waals surface area contributed by atoms with Gasteiger partial charge in [-0.25, -0.2) is 0 Å². The van der Waals surface area contributed by atoms with Crippen LogP contribution in [0.15, 0.2) is 0 Å². The van der Waals surface area contributed by atoms with Crippen LogP contribution in [0.3, 0.4) is 0 Å². The summed E-state index contributed by atoms with van der Waals surface area (Å²) in [6.07, 6.45) is 7.51. The standard InChI is InChI=1S/C16H30N2O2S/c1-3-9-16(10-4-2,14(17)21)15(20)18(11-12-19)13-7-5-6-8-13/h13,19H,3-12H2,1-2H3,(H2,17,21). The SMILES string of the molecule is CCCC(CCC)(C(=O)N(CCO)C1CCCC1)C(N)=S. The summed E-state index contributed by atoms with van der Waals surface area (Å²) in [5.41, 5.74) is 5.27. The zero-order valence-electron chi connectivity index (χ0n) is 13.4. The maximum absolute atomic E-state index is 13.2. The van der Waals surface area contributed by atoms with Crippen molar-refractivity contribution in [1.82, 2.24) is 4.90 Å². The molecule has 0 radical (unpaired) electrons. The summed E-state index contributed by atoms with van der Waals surface area (Å²) in [5.74, 6) is 0.0413. The lowest BCUT2D eigenvalue weighted by molar-refractivity contribution is -0.142. The lowest BCUT2D eigenvalue weighted by Gasteiger charge is -2.39. The molecule has 0 spiro atoms. The summed E-state index contributed by atoms with van der Waals surface area (Å²) in [4.78, 5) is 15.4. The van der Waals surface area contributed by atoms with E-state index in [2.05, 4.69) is 13.8 Å². The van der Waals surface area contributed by atoms with Crippen molar-refractivity contribution in [2.75, 3.05) is 13.2 Å². The van der Waals surface area contributed by atoms with Crippen molar-refractivity contribution in [2.45, 2.75) is 71.3 Å². The molecule has 21 heavy (non-hydrogen) atoms. The number of carbonyl (C=O) groups is 1. The van der Waals surface area contributed by atoms with E-state index in [1.54, 1.807) is 0 Å². The minimum atomic E-state index is -0.726. The highest BCUT2D eigenvalue weighted by Gasteiger charge is 2.44. The quantitative estimate of drug-likeness (QED) is 0.642. The zero-order chi connectivity index (χ0) is 15.9. The van der Waals surface area contributed by atoms with Crippen LogP contribution in [0.1, 0.15) is 65.2 Å². The topological polar surface area (TPSA) is 66.6 Å². The molecule has 1 aliphatic carbocycles. The van der Waals surface area contributed by atoms with Crippen LogP contribution < -0.4 is 5.73 Å². The third-order valence-corrected chi connectivity index (χ3v) is 4.99. The fourth-order valence-corrected chi connectivity index (χ4v) is 3.88. The summed E-state index contributed by atoms with van der Waals surface area (Å²) in [6.45, 7) is 4.50. The van der Waals surface area contributed by atoms with E-state index in [1.807, 2.05) is 4.90 Å². The number of hydrogen-bond acceptors (Lipinski definition) is 3. The van der Waals surface area contributed by atoms with Crippen molar-refractivity contribution in [1.29, 1.82) is 0 Å². The van der Waals surface area contributed by atoms with Gasteiger partial charge in [0.25, 0.3) is 0 Å². The third kappa shape index (κ3) is 4.16. The molecule has 1 saturated carbocycles. The predicted octanol–water partition coefficient (Wildman–Crippen LogP) is 2.62. The molecule has 0 heterocycles. The number of carbonyl (C=O) groups excluding carboxylic acids is 1. The van der Waals surface area contributed by atoms with Crippen molar-refractivity contribution in [2.24, 2.45) is 11.1 Å². The molecule has 0 atom stereocenters. The van der Waals surface area contributed by atoms with Gasteiger partial charge in [-0.3, -0.25) is 4.79 Å². The number of rotatable bonds is 9. The fourth-order valence-electron chi connectivity index (χ4n) is 3.59. The van der Waals surface area contributed by atoms with E-state index in [1.165, 1.54) is 0 Å². The molecule has 122 valence electrons. The van der Waals surface area contributed by atoms with E-state index in [-0.39, 0.29) is 18.6 Å². The second-order valence-corrected chi connectivity index (χ2v) is 6.55. The van der Waals surface area contributed by atoms with Gasteiger partial charge in [0.05, 0.1) is 17.0 Å². The average Bonchev–Trinajstić information content (AvgIpc) is 2.97. The second-order valence-electron chi connectivity index (χ2n) is 6.11. The number of aliphatic hydroxyl groups is 1. The van der Waals surface area contributed by atoms with Gasteiger partial charge in [0.15, 0.2) is 0 Å². The average molecular weight is 314 g/mol. The summed E-state index contributed by atoms with van der Waals surface area (Å²) in [5, 5.41) is 9.35. The van der Waals surface area contributed by atoms with Crippen LogP contribution in [-0.2, 0) is 4.79 Å². The highest BCUT2D eigenvalue weighted by molar-refractivity contribution is 7.80. The number of nitrogens with zero attached hydrogens (tertiary/aromatic N) is 1. The molecule has 1 aliphatic rings. The van der Waals surface area contributed by atoms with Crippen molar-refractivity contribution in [3.05, 3.63) is 0 Å². The number of aliphatic hydroxyl groups excluding tert-OH is 1. The molecule has 1 fully saturated rings. The smallest absolute Gasteiger partial charge is 0.235 e. The maximum atomic E-state index is 13.2. The fraction of sp³-hybridized carbons (Fsp3) is 0.875. The number of nitrogens with two attached hydrogens (primary N) is 1. The van der Waals surface area contributed by atoms with E-state index in [0.29, 0.717) is 24.4 Å². The summed E-state index contributed by atoms with van der Waals surface area (Å²) >= 11 is 5.28. The molecular weight excluding hydrogens is 284 g/mol. The molecular formula is C16H30N2O2S. The minimum absolute atomic E-state index is 0.00605. The molecule has 4 nitrogen and oxygen atoms in total. The number of hydrogen-bond donors (Lipinski definition) is 2. The molecule has 0 aromatic heterocycles. The lowest BCUT2D eigenvalue weighted by Crippen LogP contribution is -2.54. The Hall–Kier alpha value is -0.680. The van der Waals surface area contributed by atoms with Gasteiger partial charge in [-0.05, 0) is 25.7 Å². The molecule has 0 aliphatic heterocycles. The molecule has 5 heteroatoms. The Morgan fingerprint density at radius 1 is 1.29 bits per heavy atom. The highest BCUT2D eigenvalue weighted by Crippen LogP contribution is 2.35. The number of thiocarbonyl (C=S) groups is 1. The molecule has 3 N–H and O–H groups in total. The summed E-state index contributed by atoms with van der Waals surface area (Å²) in [6, 6.07) is 0.243. The van der Waals surface area contributed by atoms with E-state index in [0.717, 1.165) is 38.5 Å². The van der Waals surface area contributed by atoms with E-state index in [4.69, 9.17) is 18.0 Å². The zero-order valence-corrected chi connectivity index (χ0v) is 14.3. The van der Waals surface area contributed by atoms with Gasteiger partial charge in [0.2, 0.25) is 5.91 Å². The van der Waals surface area contributed by atoms with E-state index < -0.39 is 5.41 Å². The van der Waals surface area contributed by atoms with Gasteiger partial charge < -0.3 is 15.7 Å². The van der Waals surface area contributed by atoms with Crippen LogP contribution >= 0.6 is 12.2 Å². The first-order valence-corrected chi connectivity index (χ1v) is 8.66. The summed E-state index contributed by atoms with van der Waals surface area (Å²) in [7, 11) is 0. The molecule has 1 amide bonds. The van der Waals surface area contributed by atoms with Crippen molar-refractivity contribution in [3.8, 4) is 0 Å². The van der Waals surface area contributed by atoms with E-state index in [9.17, 15) is 9.90 Å². The van der Waals surface area contributed by atoms with Crippen molar-refractivity contribution < 1.29 is 9.90 Å². The highest BCUT2D eigenvalue weighted by atomic mass is 32.1. The van der Waals surface area contributed by atoms with Crippen LogP contribution in [-0.4, -0.2) is 40.1 Å². The lowest BCUT2D eigenvalue weighted by atomic mass is 9.77. The van der Waals surface area contributed by atoms with Gasteiger partial charge in [-0.15, -0.1) is 0 Å². The largest absolute Gasteiger partial charge is 0.395 e. The van der Waals surface area contributed by atoms with Crippen LogP contribution in [0.25, 0.3) is 0 Å². The van der Waals surface area contributed by atoms with Gasteiger partial charge in [0.1, 0.15) is 0 Å². The molecule has 0 saturated heterocycles. The molecule has 0 bridgehead atoms. The Kier molecular flexibility index (Phi) is 7.60. The van der Waals surface area contributed by atoms with Crippen LogP contribution in [0, 0.1) is 5.41 Å². The Morgan fingerprint density at radius 2 is 1.81 bits per heavy atom. The normalized spacial score (nSPS) is 16.1. The molecule has 1 rings (SSSR count). The van der Waals surface area contributed by atoms with Gasteiger partial charge in [0, 0.05) is 12.6 Å². The molecule has 0 aromatic carbocycles. The van der Waals surface area contributed by atoms with Gasteiger partial charge in [-0.2, -0.15) is 0 Å². The van der Waals surface area contributed by atoms with Crippen molar-refractivity contribution >= 4 is 23.1 Å². The Labute approximate surface area is 134 Å². The van der Waals surface area contributed by atoms with Crippen molar-refractivity contribution in [3.63, 3.8) is 0 Å². The maximum Gasteiger partial charge on any atom is 0.235 e. The minimum Gasteiger partial charge on any atom is -0.395 e. The van der Waals surface area contributed by atoms with Crippen LogP contribution in [0.5, 0.6) is 0 Å². The molecule has 0 aromatic rings. The monoisotopic (exact) mass is 314 g/mol. The van der Waals surface area contributed by atoms with Crippen LogP contribution in [0.2, 0.25) is 0 Å². The second kappa shape index (κ2) is 8.69. The van der Waals surface area contributed by atoms with Gasteiger partial charge >= 0.3 is 0 Å². The van der Waals surface area contributed by atoms with E-state index >= 15 is 0 Å². The van der Waals surface area contributed by atoms with Crippen LogP contribution in [0.4, 0.5) is 0 Å². The third-order valence-electron chi connectivity index (χ3n) is 4.60. The first-order valence-electron chi connectivity index (χ1n) is 8.25. The Bertz CT molecular complexity index is 348. The van der Waals surface area contributed by atoms with Gasteiger partial charge in [-0.1, -0.05) is 51.7 Å². The first-order chi connectivity index (χ1) is 10.0.